The number of aryl methyl sites for hydroxylation is 1. The monoisotopic (exact) mass is 283 g/mol. The molecule has 0 aliphatic rings. The van der Waals surface area contributed by atoms with Crippen molar-refractivity contribution in [1.82, 2.24) is 19.6 Å². The van der Waals surface area contributed by atoms with Gasteiger partial charge in [0.2, 0.25) is 0 Å². The van der Waals surface area contributed by atoms with Gasteiger partial charge < -0.3 is 5.32 Å². The van der Waals surface area contributed by atoms with Crippen molar-refractivity contribution < 1.29 is 0 Å². The van der Waals surface area contributed by atoms with Gasteiger partial charge in [0.25, 0.3) is 0 Å². The smallest absolute Gasteiger partial charge is 0.0729 e. The van der Waals surface area contributed by atoms with Crippen molar-refractivity contribution in [3.8, 4) is 0 Å². The number of anilines is 1. The SMILES string of the molecule is CCCn1cc(NCc2ccnn2C(C)C)cn1.Cl. The van der Waals surface area contributed by atoms with E-state index in [1.54, 1.807) is 0 Å². The molecule has 0 amide bonds. The Morgan fingerprint density at radius 3 is 2.79 bits per heavy atom. The molecule has 0 aliphatic heterocycles. The summed E-state index contributed by atoms with van der Waals surface area (Å²) in [6, 6.07) is 2.43. The molecule has 2 heterocycles. The van der Waals surface area contributed by atoms with Crippen LogP contribution in [-0.2, 0) is 13.1 Å². The fourth-order valence-corrected chi connectivity index (χ4v) is 1.95. The quantitative estimate of drug-likeness (QED) is 0.886. The average Bonchev–Trinajstić information content (AvgIpc) is 2.95. The third kappa shape index (κ3) is 3.99. The highest BCUT2D eigenvalue weighted by atomic mass is 35.5. The van der Waals surface area contributed by atoms with Gasteiger partial charge in [0.05, 0.1) is 24.1 Å². The Morgan fingerprint density at radius 2 is 2.11 bits per heavy atom. The first-order valence-electron chi connectivity index (χ1n) is 6.49. The van der Waals surface area contributed by atoms with Crippen LogP contribution in [0.5, 0.6) is 0 Å². The van der Waals surface area contributed by atoms with Crippen LogP contribution in [0.3, 0.4) is 0 Å². The molecule has 0 spiro atoms. The van der Waals surface area contributed by atoms with E-state index in [1.807, 2.05) is 34.0 Å². The lowest BCUT2D eigenvalue weighted by Crippen LogP contribution is -2.10. The van der Waals surface area contributed by atoms with Crippen molar-refractivity contribution >= 4 is 18.1 Å². The van der Waals surface area contributed by atoms with Crippen molar-refractivity contribution in [2.45, 2.75) is 46.3 Å². The molecule has 6 heteroatoms. The van der Waals surface area contributed by atoms with Crippen molar-refractivity contribution in [2.75, 3.05) is 5.32 Å². The Labute approximate surface area is 120 Å². The molecule has 19 heavy (non-hydrogen) atoms. The van der Waals surface area contributed by atoms with Crippen LogP contribution in [0.2, 0.25) is 0 Å². The van der Waals surface area contributed by atoms with Gasteiger partial charge in [0.15, 0.2) is 0 Å². The second kappa shape index (κ2) is 7.19. The van der Waals surface area contributed by atoms with Gasteiger partial charge in [-0.3, -0.25) is 9.36 Å². The standard InChI is InChI=1S/C13H21N5.ClH/c1-4-7-17-10-12(8-16-17)14-9-13-5-6-15-18(13)11(2)3;/h5-6,8,10-11,14H,4,7,9H2,1-3H3;1H. The van der Waals surface area contributed by atoms with Crippen LogP contribution >= 0.6 is 12.4 Å². The molecule has 0 saturated carbocycles. The third-order valence-corrected chi connectivity index (χ3v) is 2.80. The summed E-state index contributed by atoms with van der Waals surface area (Å²) in [5.41, 5.74) is 2.24. The van der Waals surface area contributed by atoms with Gasteiger partial charge in [-0.2, -0.15) is 10.2 Å². The van der Waals surface area contributed by atoms with Gasteiger partial charge in [-0.15, -0.1) is 12.4 Å². The van der Waals surface area contributed by atoms with Crippen LogP contribution in [0.1, 0.15) is 38.9 Å². The van der Waals surface area contributed by atoms with E-state index in [-0.39, 0.29) is 12.4 Å². The highest BCUT2D eigenvalue weighted by molar-refractivity contribution is 5.85. The van der Waals surface area contributed by atoms with E-state index in [0.717, 1.165) is 25.2 Å². The maximum absolute atomic E-state index is 4.32. The number of aromatic nitrogens is 4. The van der Waals surface area contributed by atoms with E-state index >= 15 is 0 Å². The summed E-state index contributed by atoms with van der Waals surface area (Å²) in [5.74, 6) is 0. The summed E-state index contributed by atoms with van der Waals surface area (Å²) < 4.78 is 3.99. The topological polar surface area (TPSA) is 47.7 Å². The van der Waals surface area contributed by atoms with Crippen LogP contribution in [0, 0.1) is 0 Å². The molecule has 2 aromatic rings. The molecule has 0 atom stereocenters. The van der Waals surface area contributed by atoms with Crippen molar-refractivity contribution in [2.24, 2.45) is 0 Å². The molecule has 106 valence electrons. The molecule has 0 radical (unpaired) electrons. The molecule has 0 saturated heterocycles. The van der Waals surface area contributed by atoms with Crippen molar-refractivity contribution in [1.29, 1.82) is 0 Å². The number of nitrogens with one attached hydrogen (secondary N) is 1. The minimum Gasteiger partial charge on any atom is -0.377 e. The van der Waals surface area contributed by atoms with Crippen LogP contribution in [0.15, 0.2) is 24.7 Å². The van der Waals surface area contributed by atoms with Crippen LogP contribution < -0.4 is 5.32 Å². The zero-order valence-corrected chi connectivity index (χ0v) is 12.5. The van der Waals surface area contributed by atoms with E-state index in [0.29, 0.717) is 6.04 Å². The molecular weight excluding hydrogens is 262 g/mol. The second-order valence-electron chi connectivity index (χ2n) is 4.71. The van der Waals surface area contributed by atoms with E-state index in [4.69, 9.17) is 0 Å². The summed E-state index contributed by atoms with van der Waals surface area (Å²) in [6.45, 7) is 8.16. The van der Waals surface area contributed by atoms with Gasteiger partial charge in [0, 0.05) is 25.0 Å². The summed E-state index contributed by atoms with van der Waals surface area (Å²) in [4.78, 5) is 0. The molecule has 2 aromatic heterocycles. The molecule has 2 rings (SSSR count). The van der Waals surface area contributed by atoms with Crippen LogP contribution in [0.4, 0.5) is 5.69 Å². The molecule has 0 fully saturated rings. The lowest BCUT2D eigenvalue weighted by molar-refractivity contribution is 0.512. The van der Waals surface area contributed by atoms with Crippen LogP contribution in [0.25, 0.3) is 0 Å². The minimum atomic E-state index is 0. The highest BCUT2D eigenvalue weighted by Crippen LogP contribution is 2.11. The lowest BCUT2D eigenvalue weighted by Gasteiger charge is -2.11. The molecule has 5 nitrogen and oxygen atoms in total. The Hall–Kier alpha value is -1.49. The van der Waals surface area contributed by atoms with Gasteiger partial charge in [-0.05, 0) is 26.3 Å². The highest BCUT2D eigenvalue weighted by Gasteiger charge is 2.05. The first-order chi connectivity index (χ1) is 8.70. The second-order valence-corrected chi connectivity index (χ2v) is 4.71. The van der Waals surface area contributed by atoms with Gasteiger partial charge >= 0.3 is 0 Å². The number of rotatable bonds is 6. The summed E-state index contributed by atoms with van der Waals surface area (Å²) >= 11 is 0. The Kier molecular flexibility index (Phi) is 5.89. The van der Waals surface area contributed by atoms with Crippen molar-refractivity contribution in [3.05, 3.63) is 30.4 Å². The molecule has 0 unspecified atom stereocenters. The summed E-state index contributed by atoms with van der Waals surface area (Å²) in [7, 11) is 0. The summed E-state index contributed by atoms with van der Waals surface area (Å²) in [6.07, 6.45) is 6.85. The lowest BCUT2D eigenvalue weighted by atomic mass is 10.3. The predicted molar refractivity (Wildman–Crippen MR) is 79.7 cm³/mol. The largest absolute Gasteiger partial charge is 0.377 e. The third-order valence-electron chi connectivity index (χ3n) is 2.80. The maximum atomic E-state index is 4.32. The zero-order valence-electron chi connectivity index (χ0n) is 11.7. The molecule has 0 aliphatic carbocycles. The summed E-state index contributed by atoms with van der Waals surface area (Å²) in [5, 5.41) is 12.0. The molecule has 0 aromatic carbocycles. The van der Waals surface area contributed by atoms with E-state index in [9.17, 15) is 0 Å². The van der Waals surface area contributed by atoms with E-state index in [1.165, 1.54) is 5.69 Å². The average molecular weight is 284 g/mol. The van der Waals surface area contributed by atoms with Gasteiger partial charge in [-0.1, -0.05) is 6.92 Å². The normalized spacial score (nSPS) is 10.5. The number of hydrogen-bond acceptors (Lipinski definition) is 3. The Morgan fingerprint density at radius 1 is 1.32 bits per heavy atom. The maximum Gasteiger partial charge on any atom is 0.0729 e. The Bertz CT molecular complexity index is 489. The number of halogens is 1. The van der Waals surface area contributed by atoms with Gasteiger partial charge in [-0.25, -0.2) is 0 Å². The van der Waals surface area contributed by atoms with Crippen molar-refractivity contribution in [3.63, 3.8) is 0 Å². The number of nitrogens with zero attached hydrogens (tertiary/aromatic N) is 4. The van der Waals surface area contributed by atoms with Gasteiger partial charge in [0.1, 0.15) is 0 Å². The molecular formula is C13H22ClN5. The number of hydrogen-bond donors (Lipinski definition) is 1. The molecule has 1 N–H and O–H groups in total. The fraction of sp³-hybridized carbons (Fsp3) is 0.538. The first kappa shape index (κ1) is 15.6. The van der Waals surface area contributed by atoms with Crippen LogP contribution in [-0.4, -0.2) is 19.6 Å². The predicted octanol–water partition coefficient (Wildman–Crippen LogP) is 3.10. The first-order valence-corrected chi connectivity index (χ1v) is 6.49. The zero-order chi connectivity index (χ0) is 13.0. The van der Waals surface area contributed by atoms with E-state index in [2.05, 4.69) is 36.3 Å². The Balaban J connectivity index is 0.00000180. The van der Waals surface area contributed by atoms with E-state index < -0.39 is 0 Å². The minimum absolute atomic E-state index is 0. The fourth-order valence-electron chi connectivity index (χ4n) is 1.95. The molecule has 0 bridgehead atoms.